The summed E-state index contributed by atoms with van der Waals surface area (Å²) in [5.41, 5.74) is 3.64. The Hall–Kier alpha value is -2.53. The zero-order valence-corrected chi connectivity index (χ0v) is 15.2. The van der Waals surface area contributed by atoms with Gasteiger partial charge in [0.2, 0.25) is 0 Å². The summed E-state index contributed by atoms with van der Waals surface area (Å²) < 4.78 is 14.2. The number of pyridine rings is 2. The standard InChI is InChI=1S/C21H23FN4/c1-15-13-20(18-6-3-7-19(22)21(18)24-15)26-11-9-25(10-12-26)16(2)17-5-4-8-23-14-17/h3-8,13-14,16H,9-12H2,1-2H3. The van der Waals surface area contributed by atoms with Gasteiger partial charge in [-0.15, -0.1) is 0 Å². The molecular formula is C21H23FN4. The first kappa shape index (κ1) is 16.9. The van der Waals surface area contributed by atoms with Crippen molar-refractivity contribution in [1.29, 1.82) is 0 Å². The SMILES string of the molecule is Cc1cc(N2CCN(C(C)c3cccnc3)CC2)c2cccc(F)c2n1. The fourth-order valence-corrected chi connectivity index (χ4v) is 3.77. The molecule has 26 heavy (non-hydrogen) atoms. The molecule has 0 saturated carbocycles. The third-order valence-corrected chi connectivity index (χ3v) is 5.27. The van der Waals surface area contributed by atoms with Crippen LogP contribution >= 0.6 is 0 Å². The molecule has 1 saturated heterocycles. The summed E-state index contributed by atoms with van der Waals surface area (Å²) in [6.07, 6.45) is 3.75. The summed E-state index contributed by atoms with van der Waals surface area (Å²) in [4.78, 5) is 13.5. The van der Waals surface area contributed by atoms with Crippen LogP contribution in [-0.2, 0) is 0 Å². The number of rotatable bonds is 3. The molecule has 0 bridgehead atoms. The first-order valence-corrected chi connectivity index (χ1v) is 9.08. The summed E-state index contributed by atoms with van der Waals surface area (Å²) >= 11 is 0. The van der Waals surface area contributed by atoms with Gasteiger partial charge in [-0.05, 0) is 37.6 Å². The quantitative estimate of drug-likeness (QED) is 0.716. The van der Waals surface area contributed by atoms with E-state index in [-0.39, 0.29) is 5.82 Å². The molecule has 134 valence electrons. The van der Waals surface area contributed by atoms with Crippen LogP contribution in [0.5, 0.6) is 0 Å². The molecule has 1 unspecified atom stereocenters. The second-order valence-electron chi connectivity index (χ2n) is 6.90. The highest BCUT2D eigenvalue weighted by Crippen LogP contribution is 2.30. The van der Waals surface area contributed by atoms with Crippen LogP contribution in [0.1, 0.15) is 24.2 Å². The number of anilines is 1. The van der Waals surface area contributed by atoms with E-state index >= 15 is 0 Å². The Balaban J connectivity index is 1.55. The lowest BCUT2D eigenvalue weighted by Gasteiger charge is -2.39. The van der Waals surface area contributed by atoms with Crippen LogP contribution in [-0.4, -0.2) is 41.0 Å². The third kappa shape index (κ3) is 3.15. The molecule has 0 radical (unpaired) electrons. The summed E-state index contributed by atoms with van der Waals surface area (Å²) in [6.45, 7) is 7.92. The van der Waals surface area contributed by atoms with Crippen LogP contribution in [0.15, 0.2) is 48.8 Å². The molecule has 1 aromatic carbocycles. The molecular weight excluding hydrogens is 327 g/mol. The average Bonchev–Trinajstić information content (AvgIpc) is 2.68. The number of aromatic nitrogens is 2. The zero-order valence-electron chi connectivity index (χ0n) is 15.2. The number of fused-ring (bicyclic) bond motifs is 1. The van der Waals surface area contributed by atoms with Gasteiger partial charge < -0.3 is 4.90 Å². The van der Waals surface area contributed by atoms with Crippen molar-refractivity contribution in [3.8, 4) is 0 Å². The highest BCUT2D eigenvalue weighted by atomic mass is 19.1. The predicted octanol–water partition coefficient (Wildman–Crippen LogP) is 3.96. The second kappa shape index (κ2) is 7.00. The maximum atomic E-state index is 14.2. The monoisotopic (exact) mass is 350 g/mol. The van der Waals surface area contributed by atoms with Crippen molar-refractivity contribution in [3.05, 3.63) is 65.9 Å². The van der Waals surface area contributed by atoms with E-state index in [1.54, 1.807) is 6.07 Å². The average molecular weight is 350 g/mol. The van der Waals surface area contributed by atoms with Gasteiger partial charge in [0.1, 0.15) is 11.3 Å². The van der Waals surface area contributed by atoms with Crippen LogP contribution < -0.4 is 4.90 Å². The summed E-state index contributed by atoms with van der Waals surface area (Å²) in [6, 6.07) is 11.7. The van der Waals surface area contributed by atoms with Crippen molar-refractivity contribution >= 4 is 16.6 Å². The van der Waals surface area contributed by atoms with Crippen molar-refractivity contribution in [3.63, 3.8) is 0 Å². The molecule has 3 heterocycles. The van der Waals surface area contributed by atoms with E-state index in [4.69, 9.17) is 0 Å². The maximum absolute atomic E-state index is 14.2. The number of benzene rings is 1. The van der Waals surface area contributed by atoms with Gasteiger partial charge in [-0.25, -0.2) is 9.37 Å². The van der Waals surface area contributed by atoms with Crippen molar-refractivity contribution < 1.29 is 4.39 Å². The summed E-state index contributed by atoms with van der Waals surface area (Å²) in [5, 5.41) is 0.893. The molecule has 2 aromatic heterocycles. The van der Waals surface area contributed by atoms with Crippen LogP contribution in [0.2, 0.25) is 0 Å². The molecule has 0 aliphatic carbocycles. The normalized spacial score (nSPS) is 16.8. The van der Waals surface area contributed by atoms with Gasteiger partial charge in [0.15, 0.2) is 0 Å². The topological polar surface area (TPSA) is 32.3 Å². The fourth-order valence-electron chi connectivity index (χ4n) is 3.77. The second-order valence-corrected chi connectivity index (χ2v) is 6.90. The fraction of sp³-hybridized carbons (Fsp3) is 0.333. The molecule has 0 amide bonds. The number of aryl methyl sites for hydroxylation is 1. The minimum Gasteiger partial charge on any atom is -0.368 e. The molecule has 4 nitrogen and oxygen atoms in total. The van der Waals surface area contributed by atoms with E-state index < -0.39 is 0 Å². The van der Waals surface area contributed by atoms with Gasteiger partial charge in [0, 0.05) is 61.4 Å². The van der Waals surface area contributed by atoms with E-state index in [1.807, 2.05) is 31.5 Å². The number of piperazine rings is 1. The van der Waals surface area contributed by atoms with Gasteiger partial charge in [-0.3, -0.25) is 9.88 Å². The Morgan fingerprint density at radius 1 is 1.08 bits per heavy atom. The van der Waals surface area contributed by atoms with Crippen molar-refractivity contribution in [1.82, 2.24) is 14.9 Å². The Morgan fingerprint density at radius 3 is 2.62 bits per heavy atom. The Morgan fingerprint density at radius 2 is 1.88 bits per heavy atom. The molecule has 1 aliphatic rings. The van der Waals surface area contributed by atoms with Crippen molar-refractivity contribution in [2.45, 2.75) is 19.9 Å². The van der Waals surface area contributed by atoms with Crippen LogP contribution in [0.25, 0.3) is 10.9 Å². The number of para-hydroxylation sites is 1. The Labute approximate surface area is 153 Å². The number of hydrogen-bond donors (Lipinski definition) is 0. The van der Waals surface area contributed by atoms with Crippen LogP contribution in [0.3, 0.4) is 0 Å². The van der Waals surface area contributed by atoms with Crippen molar-refractivity contribution in [2.75, 3.05) is 31.1 Å². The predicted molar refractivity (Wildman–Crippen MR) is 103 cm³/mol. The van der Waals surface area contributed by atoms with E-state index in [2.05, 4.69) is 38.8 Å². The molecule has 1 fully saturated rings. The first-order valence-electron chi connectivity index (χ1n) is 9.08. The lowest BCUT2D eigenvalue weighted by Crippen LogP contribution is -2.47. The van der Waals surface area contributed by atoms with Crippen LogP contribution in [0.4, 0.5) is 10.1 Å². The first-order chi connectivity index (χ1) is 12.6. The summed E-state index contributed by atoms with van der Waals surface area (Å²) in [7, 11) is 0. The maximum Gasteiger partial charge on any atom is 0.149 e. The van der Waals surface area contributed by atoms with Gasteiger partial charge in [0.25, 0.3) is 0 Å². The lowest BCUT2D eigenvalue weighted by atomic mass is 10.1. The highest BCUT2D eigenvalue weighted by Gasteiger charge is 2.23. The molecule has 1 atom stereocenters. The smallest absolute Gasteiger partial charge is 0.149 e. The van der Waals surface area contributed by atoms with Gasteiger partial charge in [0.05, 0.1) is 0 Å². The Bertz CT molecular complexity index is 905. The largest absolute Gasteiger partial charge is 0.368 e. The van der Waals surface area contributed by atoms with Crippen molar-refractivity contribution in [2.24, 2.45) is 0 Å². The van der Waals surface area contributed by atoms with Gasteiger partial charge >= 0.3 is 0 Å². The number of hydrogen-bond acceptors (Lipinski definition) is 4. The van der Waals surface area contributed by atoms with Crippen LogP contribution in [0, 0.1) is 12.7 Å². The molecule has 1 aliphatic heterocycles. The highest BCUT2D eigenvalue weighted by molar-refractivity contribution is 5.92. The van der Waals surface area contributed by atoms with E-state index in [9.17, 15) is 4.39 Å². The molecule has 5 heteroatoms. The minimum atomic E-state index is -0.253. The molecule has 3 aromatic rings. The molecule has 0 spiro atoms. The summed E-state index contributed by atoms with van der Waals surface area (Å²) in [5.74, 6) is -0.253. The van der Waals surface area contributed by atoms with E-state index in [1.165, 1.54) is 11.6 Å². The minimum absolute atomic E-state index is 0.253. The zero-order chi connectivity index (χ0) is 18.1. The van der Waals surface area contributed by atoms with E-state index in [0.29, 0.717) is 11.6 Å². The Kier molecular flexibility index (Phi) is 4.55. The molecule has 4 rings (SSSR count). The number of nitrogens with zero attached hydrogens (tertiary/aromatic N) is 4. The van der Waals surface area contributed by atoms with Gasteiger partial charge in [-0.1, -0.05) is 18.2 Å². The van der Waals surface area contributed by atoms with E-state index in [0.717, 1.165) is 42.9 Å². The third-order valence-electron chi connectivity index (χ3n) is 5.27. The number of halogens is 1. The van der Waals surface area contributed by atoms with Gasteiger partial charge in [-0.2, -0.15) is 0 Å². The molecule has 0 N–H and O–H groups in total. The lowest BCUT2D eigenvalue weighted by molar-refractivity contribution is 0.198.